The van der Waals surface area contributed by atoms with Crippen LogP contribution in [0.4, 0.5) is 34.1 Å². The largest absolute Gasteiger partial charge is 0.456 e. The van der Waals surface area contributed by atoms with Gasteiger partial charge < -0.3 is 18.6 Å². The number of nitrogens with zero attached hydrogens (tertiary/aromatic N) is 2. The first-order valence-corrected chi connectivity index (χ1v) is 24.9. The molecule has 5 heteroatoms. The second-order valence-corrected chi connectivity index (χ2v) is 23.1. The van der Waals surface area contributed by atoms with Crippen LogP contribution < -0.4 is 26.2 Å². The molecule has 13 rings (SSSR count). The van der Waals surface area contributed by atoms with E-state index in [1.54, 1.807) is 0 Å². The maximum Gasteiger partial charge on any atom is 0.252 e. The van der Waals surface area contributed by atoms with Gasteiger partial charge in [0.15, 0.2) is 0 Å². The van der Waals surface area contributed by atoms with Gasteiger partial charge in [0, 0.05) is 44.6 Å². The van der Waals surface area contributed by atoms with Crippen LogP contribution >= 0.6 is 0 Å². The van der Waals surface area contributed by atoms with Crippen molar-refractivity contribution in [2.75, 3.05) is 9.80 Å². The van der Waals surface area contributed by atoms with E-state index < -0.39 is 0 Å². The van der Waals surface area contributed by atoms with Crippen LogP contribution in [0.3, 0.4) is 0 Å². The lowest BCUT2D eigenvalue weighted by molar-refractivity contribution is 0.332. The maximum absolute atomic E-state index is 6.68. The van der Waals surface area contributed by atoms with Crippen molar-refractivity contribution in [3.05, 3.63) is 173 Å². The number of fused-ring (bicyclic) bond motifs is 8. The number of benzene rings is 7. The molecule has 9 aromatic rings. The highest BCUT2D eigenvalue weighted by Gasteiger charge is 2.48. The van der Waals surface area contributed by atoms with E-state index in [0.717, 1.165) is 70.3 Å². The molecule has 4 heterocycles. The first-order valence-electron chi connectivity index (χ1n) is 24.9. The second kappa shape index (κ2) is 14.2. The highest BCUT2D eigenvalue weighted by molar-refractivity contribution is 7.00. The minimum Gasteiger partial charge on any atom is -0.456 e. The summed E-state index contributed by atoms with van der Waals surface area (Å²) in [6.07, 6.45) is 4.57. The number of rotatable bonds is 4. The summed E-state index contributed by atoms with van der Waals surface area (Å²) in [7, 11) is 0. The summed E-state index contributed by atoms with van der Waals surface area (Å²) in [5, 5.41) is 2.22. The van der Waals surface area contributed by atoms with Crippen LogP contribution in [-0.4, -0.2) is 6.71 Å². The fourth-order valence-electron chi connectivity index (χ4n) is 13.0. The molecule has 0 N–H and O–H groups in total. The number of hydrogen-bond donors (Lipinski definition) is 0. The summed E-state index contributed by atoms with van der Waals surface area (Å²) in [5.41, 5.74) is 22.4. The van der Waals surface area contributed by atoms with Gasteiger partial charge in [0.05, 0.1) is 11.4 Å². The van der Waals surface area contributed by atoms with Crippen LogP contribution in [0.25, 0.3) is 44.6 Å². The van der Waals surface area contributed by atoms with E-state index in [-0.39, 0.29) is 28.4 Å². The zero-order valence-electron chi connectivity index (χ0n) is 41.0. The fourth-order valence-corrected chi connectivity index (χ4v) is 13.0. The third-order valence-corrected chi connectivity index (χ3v) is 16.8. The molecule has 0 saturated carbocycles. The minimum absolute atomic E-state index is 0.0296. The molecule has 0 unspecified atom stereocenters. The number of furan rings is 2. The monoisotopic (exact) mass is 886 g/mol. The van der Waals surface area contributed by atoms with Crippen molar-refractivity contribution in [1.82, 2.24) is 0 Å². The Hall–Kier alpha value is -6.72. The molecule has 0 amide bonds. The van der Waals surface area contributed by atoms with Gasteiger partial charge in [-0.2, -0.15) is 0 Å². The van der Waals surface area contributed by atoms with Crippen LogP contribution in [0.5, 0.6) is 0 Å². The molecule has 68 heavy (non-hydrogen) atoms. The fraction of sp³-hybridized carbons (Fsp3) is 0.270. The SMILES string of the molecule is Cc1cc2c3c(c1)N(c1cccc4c1C(C)(C)CCC4(C)C)c1ccc(-c4cc5ccccc5o4)cc1B3c1cc(-c3cc4ccccc4o3)ccc1N2c1cccc2c1C(C)(C)CCC2(C)C. The highest BCUT2D eigenvalue weighted by atomic mass is 16.3. The number of anilines is 6. The zero-order chi connectivity index (χ0) is 46.6. The molecule has 0 radical (unpaired) electrons. The maximum atomic E-state index is 6.68. The van der Waals surface area contributed by atoms with E-state index in [4.69, 9.17) is 8.83 Å². The molecule has 4 nitrogen and oxygen atoms in total. The lowest BCUT2D eigenvalue weighted by Gasteiger charge is -2.49. The molecule has 2 aliphatic carbocycles. The topological polar surface area (TPSA) is 32.8 Å². The van der Waals surface area contributed by atoms with Gasteiger partial charge in [-0.15, -0.1) is 0 Å². The molecule has 2 aromatic heterocycles. The predicted molar refractivity (Wildman–Crippen MR) is 286 cm³/mol. The van der Waals surface area contributed by atoms with Crippen molar-refractivity contribution in [2.24, 2.45) is 0 Å². The van der Waals surface area contributed by atoms with Crippen molar-refractivity contribution in [1.29, 1.82) is 0 Å². The smallest absolute Gasteiger partial charge is 0.252 e. The average Bonchev–Trinajstić information content (AvgIpc) is 3.97. The minimum atomic E-state index is -0.0975. The molecule has 0 saturated heterocycles. The van der Waals surface area contributed by atoms with Crippen LogP contribution in [-0.2, 0) is 21.7 Å². The molecule has 7 aromatic carbocycles. The lowest BCUT2D eigenvalue weighted by atomic mass is 9.33. The van der Waals surface area contributed by atoms with Gasteiger partial charge in [0.25, 0.3) is 6.71 Å². The van der Waals surface area contributed by atoms with Crippen molar-refractivity contribution < 1.29 is 8.83 Å². The van der Waals surface area contributed by atoms with Crippen molar-refractivity contribution >= 4 is 79.2 Å². The van der Waals surface area contributed by atoms with Crippen LogP contribution in [0.1, 0.15) is 109 Å². The Morgan fingerprint density at radius 1 is 0.412 bits per heavy atom. The molecule has 4 aliphatic rings. The quantitative estimate of drug-likeness (QED) is 0.165. The lowest BCUT2D eigenvalue weighted by Crippen LogP contribution is -2.61. The first-order chi connectivity index (χ1) is 32.6. The van der Waals surface area contributed by atoms with Crippen LogP contribution in [0.15, 0.2) is 154 Å². The summed E-state index contributed by atoms with van der Waals surface area (Å²) >= 11 is 0. The summed E-state index contributed by atoms with van der Waals surface area (Å²) < 4.78 is 13.4. The predicted octanol–water partition coefficient (Wildman–Crippen LogP) is 15.6. The molecule has 0 bridgehead atoms. The van der Waals surface area contributed by atoms with Gasteiger partial charge >= 0.3 is 0 Å². The number of aryl methyl sites for hydroxylation is 1. The van der Waals surface area contributed by atoms with E-state index in [0.29, 0.717) is 0 Å². The summed E-state index contributed by atoms with van der Waals surface area (Å²) in [6, 6.07) is 54.6. The van der Waals surface area contributed by atoms with E-state index in [2.05, 4.69) is 218 Å². The molecule has 0 atom stereocenters. The molecular weight excluding hydrogens is 828 g/mol. The summed E-state index contributed by atoms with van der Waals surface area (Å²) in [6.45, 7) is 21.8. The summed E-state index contributed by atoms with van der Waals surface area (Å²) in [4.78, 5) is 5.31. The van der Waals surface area contributed by atoms with Gasteiger partial charge in [-0.05, 0) is 171 Å². The molecule has 0 fully saturated rings. The first kappa shape index (κ1) is 41.5. The number of para-hydroxylation sites is 2. The molecule has 2 aliphatic heterocycles. The Morgan fingerprint density at radius 3 is 1.28 bits per heavy atom. The van der Waals surface area contributed by atoms with Gasteiger partial charge in [0.1, 0.15) is 22.7 Å². The van der Waals surface area contributed by atoms with Crippen molar-refractivity contribution in [2.45, 2.75) is 110 Å². The van der Waals surface area contributed by atoms with Gasteiger partial charge in [-0.1, -0.05) is 128 Å². The average molecular weight is 887 g/mol. The van der Waals surface area contributed by atoms with Gasteiger partial charge in [0.2, 0.25) is 0 Å². The van der Waals surface area contributed by atoms with Gasteiger partial charge in [-0.3, -0.25) is 0 Å². The van der Waals surface area contributed by atoms with Crippen molar-refractivity contribution in [3.8, 4) is 22.6 Å². The van der Waals surface area contributed by atoms with Crippen LogP contribution in [0, 0.1) is 6.92 Å². The summed E-state index contributed by atoms with van der Waals surface area (Å²) in [5.74, 6) is 1.76. The third-order valence-electron chi connectivity index (χ3n) is 16.8. The van der Waals surface area contributed by atoms with Gasteiger partial charge in [-0.25, -0.2) is 0 Å². The molecular formula is C63H59BN2O2. The standard InChI is InChI=1S/C63H59BN2O2/c1-38-32-51-59-52(33-38)66(50-21-15-19-44-58(50)63(8,9)31-29-61(44,4)5)48-27-25-42(56-37-40-17-11-13-23-54(40)68-56)35-46(48)64(59)45-34-41(55-36-39-16-10-12-22-53(39)67-55)24-26-47(45)65(51)49-20-14-18-43-57(49)62(6,7)30-28-60(43,2)3/h10-27,32-37H,28-31H2,1-9H3. The normalized spacial score (nSPS) is 17.9. The van der Waals surface area contributed by atoms with Crippen LogP contribution in [0.2, 0.25) is 0 Å². The van der Waals surface area contributed by atoms with Crippen molar-refractivity contribution in [3.63, 3.8) is 0 Å². The van der Waals surface area contributed by atoms with E-state index in [1.165, 1.54) is 78.3 Å². The Bertz CT molecular complexity index is 3280. The Labute approximate surface area is 401 Å². The van der Waals surface area contributed by atoms with E-state index in [9.17, 15) is 0 Å². The Kier molecular flexibility index (Phi) is 8.64. The molecule has 0 spiro atoms. The zero-order valence-corrected chi connectivity index (χ0v) is 41.0. The van der Waals surface area contributed by atoms with E-state index >= 15 is 0 Å². The van der Waals surface area contributed by atoms with E-state index in [1.807, 2.05) is 0 Å². The third kappa shape index (κ3) is 6.00. The Balaban J connectivity index is 1.15. The second-order valence-electron chi connectivity index (χ2n) is 23.1. The highest BCUT2D eigenvalue weighted by Crippen LogP contribution is 2.56. The molecule has 336 valence electrons. The Morgan fingerprint density at radius 2 is 0.838 bits per heavy atom. The number of hydrogen-bond acceptors (Lipinski definition) is 4.